The van der Waals surface area contributed by atoms with Gasteiger partial charge >= 0.3 is 0 Å². The van der Waals surface area contributed by atoms with Crippen LogP contribution in [-0.2, 0) is 16.3 Å². The first-order valence-electron chi connectivity index (χ1n) is 12.4. The maximum Gasteiger partial charge on any atom is 0.290 e. The molecule has 2 amide bonds. The molecular weight excluding hydrogens is 518 g/mol. The molecule has 1 fully saturated rings. The van der Waals surface area contributed by atoms with Crippen molar-refractivity contribution in [3.8, 4) is 0 Å². The average molecular weight is 552 g/mol. The van der Waals surface area contributed by atoms with Crippen LogP contribution >= 0.6 is 11.8 Å². The molecule has 1 aliphatic heterocycles. The van der Waals surface area contributed by atoms with E-state index in [-0.39, 0.29) is 16.9 Å². The van der Waals surface area contributed by atoms with Crippen molar-refractivity contribution in [1.29, 1.82) is 0 Å². The SMILES string of the molecule is CC(C)(C)C(=O)c1cn(COCC[Si](C)(C)C)c2ncc(Nc3ccc(/C=C4/SC(=O)NC4=O)cc3)nc12. The number of anilines is 2. The summed E-state index contributed by atoms with van der Waals surface area (Å²) in [6.45, 7) is 13.6. The van der Waals surface area contributed by atoms with E-state index in [1.54, 1.807) is 18.5 Å². The van der Waals surface area contributed by atoms with E-state index in [0.29, 0.717) is 40.8 Å². The molecule has 38 heavy (non-hydrogen) atoms. The molecule has 0 aliphatic carbocycles. The Morgan fingerprint density at radius 3 is 2.50 bits per heavy atom. The van der Waals surface area contributed by atoms with Crippen molar-refractivity contribution in [3.05, 3.63) is 52.7 Å². The first kappa shape index (κ1) is 27.7. The highest BCUT2D eigenvalue weighted by Crippen LogP contribution is 2.29. The van der Waals surface area contributed by atoms with Crippen LogP contribution in [-0.4, -0.2) is 46.1 Å². The second-order valence-corrected chi connectivity index (χ2v) is 18.1. The van der Waals surface area contributed by atoms with Crippen molar-refractivity contribution in [2.75, 3.05) is 11.9 Å². The van der Waals surface area contributed by atoms with E-state index in [4.69, 9.17) is 9.72 Å². The molecule has 0 unspecified atom stereocenters. The molecular formula is C27H33N5O4SSi. The van der Waals surface area contributed by atoms with Gasteiger partial charge in [-0.25, -0.2) is 9.97 Å². The summed E-state index contributed by atoms with van der Waals surface area (Å²) in [5.74, 6) is 0.0968. The Kier molecular flexibility index (Phi) is 7.91. The molecule has 0 atom stereocenters. The summed E-state index contributed by atoms with van der Waals surface area (Å²) in [6, 6.07) is 8.41. The highest BCUT2D eigenvalue weighted by molar-refractivity contribution is 8.18. The summed E-state index contributed by atoms with van der Waals surface area (Å²) in [4.78, 5) is 46.1. The molecule has 3 aromatic rings. The summed E-state index contributed by atoms with van der Waals surface area (Å²) in [5.41, 5.74) is 2.61. The van der Waals surface area contributed by atoms with Gasteiger partial charge in [0.2, 0.25) is 0 Å². The van der Waals surface area contributed by atoms with Crippen LogP contribution in [0, 0.1) is 5.41 Å². The second-order valence-electron chi connectivity index (χ2n) is 11.5. The number of amides is 2. The molecule has 9 nitrogen and oxygen atoms in total. The van der Waals surface area contributed by atoms with Crippen molar-refractivity contribution in [2.24, 2.45) is 5.41 Å². The van der Waals surface area contributed by atoms with E-state index in [1.807, 2.05) is 49.6 Å². The summed E-state index contributed by atoms with van der Waals surface area (Å²) in [7, 11) is -1.21. The number of thioether (sulfide) groups is 1. The third-order valence-electron chi connectivity index (χ3n) is 5.84. The summed E-state index contributed by atoms with van der Waals surface area (Å²) in [6.07, 6.45) is 5.09. The first-order valence-corrected chi connectivity index (χ1v) is 16.9. The number of hydrogen-bond donors (Lipinski definition) is 2. The number of carbonyl (C=O) groups is 3. The lowest BCUT2D eigenvalue weighted by Crippen LogP contribution is -2.22. The number of ketones is 1. The van der Waals surface area contributed by atoms with Crippen molar-refractivity contribution >= 4 is 65.5 Å². The van der Waals surface area contributed by atoms with E-state index >= 15 is 0 Å². The molecule has 3 heterocycles. The number of nitrogens with zero attached hydrogens (tertiary/aromatic N) is 3. The molecule has 2 N–H and O–H groups in total. The third kappa shape index (κ3) is 6.77. The summed E-state index contributed by atoms with van der Waals surface area (Å²) in [5, 5.41) is 5.11. The van der Waals surface area contributed by atoms with E-state index in [1.165, 1.54) is 0 Å². The number of carbonyl (C=O) groups excluding carboxylic acids is 3. The van der Waals surface area contributed by atoms with Crippen LogP contribution in [0.15, 0.2) is 41.6 Å². The van der Waals surface area contributed by atoms with Crippen LogP contribution < -0.4 is 10.6 Å². The molecule has 0 radical (unpaired) electrons. The Morgan fingerprint density at radius 1 is 1.18 bits per heavy atom. The number of benzene rings is 1. The maximum atomic E-state index is 13.3. The largest absolute Gasteiger partial charge is 0.361 e. The van der Waals surface area contributed by atoms with Crippen LogP contribution in [0.5, 0.6) is 0 Å². The molecule has 0 bridgehead atoms. The van der Waals surface area contributed by atoms with Gasteiger partial charge in [0.1, 0.15) is 18.1 Å². The number of Topliss-reactive ketones (excluding diaryl/α,β-unsaturated/α-hetero) is 1. The Morgan fingerprint density at radius 2 is 1.89 bits per heavy atom. The lowest BCUT2D eigenvalue weighted by atomic mass is 9.87. The van der Waals surface area contributed by atoms with Gasteiger partial charge in [-0.3, -0.25) is 19.7 Å². The fourth-order valence-corrected chi connectivity index (χ4v) is 5.14. The third-order valence-corrected chi connectivity index (χ3v) is 8.36. The van der Waals surface area contributed by atoms with Gasteiger partial charge in [0.05, 0.1) is 16.7 Å². The minimum Gasteiger partial charge on any atom is -0.361 e. The van der Waals surface area contributed by atoms with Crippen molar-refractivity contribution < 1.29 is 19.1 Å². The van der Waals surface area contributed by atoms with Gasteiger partial charge in [0.15, 0.2) is 11.4 Å². The molecule has 1 saturated heterocycles. The highest BCUT2D eigenvalue weighted by Gasteiger charge is 2.28. The lowest BCUT2D eigenvalue weighted by Gasteiger charge is -2.16. The summed E-state index contributed by atoms with van der Waals surface area (Å²) < 4.78 is 7.78. The van der Waals surface area contributed by atoms with Crippen LogP contribution in [0.2, 0.25) is 25.7 Å². The number of fused-ring (bicyclic) bond motifs is 1. The fraction of sp³-hybridized carbons (Fsp3) is 0.370. The number of ether oxygens (including phenoxy) is 1. The molecule has 200 valence electrons. The predicted molar refractivity (Wildman–Crippen MR) is 154 cm³/mol. The van der Waals surface area contributed by atoms with Gasteiger partial charge in [-0.1, -0.05) is 52.5 Å². The maximum absolute atomic E-state index is 13.3. The molecule has 1 aromatic carbocycles. The van der Waals surface area contributed by atoms with E-state index in [0.717, 1.165) is 29.1 Å². The Hall–Kier alpha value is -3.28. The van der Waals surface area contributed by atoms with Crippen LogP contribution in [0.1, 0.15) is 36.7 Å². The molecule has 2 aromatic heterocycles. The van der Waals surface area contributed by atoms with Crippen LogP contribution in [0.4, 0.5) is 16.3 Å². The number of imide groups is 1. The Bertz CT molecular complexity index is 1420. The Labute approximate surface area is 227 Å². The van der Waals surface area contributed by atoms with E-state index in [2.05, 4.69) is 35.3 Å². The standard InChI is InChI=1S/C27H33N5O4SSi/c1-27(2,3)23(33)19-15-32(16-36-11-12-38(4,5)6)24-22(19)30-21(14-28-24)29-18-9-7-17(8-10-18)13-20-25(34)31-26(35)37-20/h7-10,13-15H,11-12,16H2,1-6H3,(H,29,30)(H,31,34,35)/b20-13+. The van der Waals surface area contributed by atoms with Gasteiger partial charge < -0.3 is 14.6 Å². The van der Waals surface area contributed by atoms with Gasteiger partial charge in [-0.2, -0.15) is 0 Å². The predicted octanol–water partition coefficient (Wildman–Crippen LogP) is 6.04. The van der Waals surface area contributed by atoms with Crippen LogP contribution in [0.25, 0.3) is 17.2 Å². The van der Waals surface area contributed by atoms with Crippen molar-refractivity contribution in [2.45, 2.75) is 53.2 Å². The number of nitrogens with one attached hydrogen (secondary N) is 2. The zero-order chi connectivity index (χ0) is 27.7. The quantitative estimate of drug-likeness (QED) is 0.143. The Balaban J connectivity index is 1.56. The molecule has 4 rings (SSSR count). The number of hydrogen-bond acceptors (Lipinski definition) is 8. The van der Waals surface area contributed by atoms with Gasteiger partial charge in [-0.05, 0) is 41.6 Å². The van der Waals surface area contributed by atoms with E-state index < -0.39 is 13.5 Å². The topological polar surface area (TPSA) is 115 Å². The van der Waals surface area contributed by atoms with Gasteiger partial charge in [0.25, 0.3) is 11.1 Å². The average Bonchev–Trinajstić information content (AvgIpc) is 3.34. The van der Waals surface area contributed by atoms with E-state index in [9.17, 15) is 14.4 Å². The number of aromatic nitrogens is 3. The lowest BCUT2D eigenvalue weighted by molar-refractivity contribution is -0.115. The smallest absolute Gasteiger partial charge is 0.290 e. The summed E-state index contributed by atoms with van der Waals surface area (Å²) >= 11 is 0.881. The highest BCUT2D eigenvalue weighted by atomic mass is 32.2. The fourth-order valence-electron chi connectivity index (χ4n) is 3.70. The minimum atomic E-state index is -1.21. The minimum absolute atomic E-state index is 0.0144. The van der Waals surface area contributed by atoms with Crippen molar-refractivity contribution in [3.63, 3.8) is 0 Å². The van der Waals surface area contributed by atoms with Crippen molar-refractivity contribution in [1.82, 2.24) is 19.9 Å². The molecule has 0 saturated carbocycles. The zero-order valence-corrected chi connectivity index (χ0v) is 24.4. The zero-order valence-electron chi connectivity index (χ0n) is 22.5. The van der Waals surface area contributed by atoms with Gasteiger partial charge in [-0.15, -0.1) is 0 Å². The van der Waals surface area contributed by atoms with Gasteiger partial charge in [0, 0.05) is 32.0 Å². The molecule has 1 aliphatic rings. The second kappa shape index (κ2) is 10.8. The first-order chi connectivity index (χ1) is 17.8. The molecule has 0 spiro atoms. The number of rotatable bonds is 9. The molecule has 11 heteroatoms. The van der Waals surface area contributed by atoms with Crippen LogP contribution in [0.3, 0.4) is 0 Å². The monoisotopic (exact) mass is 551 g/mol. The normalized spacial score (nSPS) is 15.4.